The third-order valence-electron chi connectivity index (χ3n) is 7.12. The normalized spacial score (nSPS) is 27.6. The zero-order valence-electron chi connectivity index (χ0n) is 19.2. The van der Waals surface area contributed by atoms with E-state index >= 15 is 0 Å². The van der Waals surface area contributed by atoms with Crippen LogP contribution in [-0.4, -0.2) is 52.9 Å². The summed E-state index contributed by atoms with van der Waals surface area (Å²) in [5.74, 6) is 0.607. The Morgan fingerprint density at radius 1 is 1.23 bits per heavy atom. The first-order chi connectivity index (χ1) is 14.7. The molecule has 0 aromatic heterocycles. The van der Waals surface area contributed by atoms with Gasteiger partial charge in [-0.15, -0.1) is 0 Å². The van der Waals surface area contributed by atoms with E-state index in [4.69, 9.17) is 4.74 Å². The van der Waals surface area contributed by atoms with Crippen LogP contribution in [0.4, 0.5) is 0 Å². The third-order valence-corrected chi connectivity index (χ3v) is 7.12. The average Bonchev–Trinajstić information content (AvgIpc) is 3.19. The molecule has 1 aliphatic carbocycles. The van der Waals surface area contributed by atoms with Crippen LogP contribution in [0.3, 0.4) is 0 Å². The number of ether oxygens (including phenoxy) is 1. The summed E-state index contributed by atoms with van der Waals surface area (Å²) in [7, 11) is 0. The summed E-state index contributed by atoms with van der Waals surface area (Å²) in [6.45, 7) is 15.4. The number of hydrogen-bond acceptors (Lipinski definition) is 4. The van der Waals surface area contributed by atoms with Gasteiger partial charge in [0, 0.05) is 23.8 Å². The summed E-state index contributed by atoms with van der Waals surface area (Å²) < 4.78 is 6.52. The molecule has 0 radical (unpaired) electrons. The summed E-state index contributed by atoms with van der Waals surface area (Å²) in [5, 5.41) is 2.79. The second-order valence-corrected chi connectivity index (χ2v) is 9.92. The molecular formula is C25H35N3O3. The molecule has 1 unspecified atom stereocenters. The molecule has 0 spiro atoms. The highest BCUT2D eigenvalue weighted by molar-refractivity contribution is 6.01. The van der Waals surface area contributed by atoms with Gasteiger partial charge in [-0.2, -0.15) is 0 Å². The van der Waals surface area contributed by atoms with Gasteiger partial charge in [0.2, 0.25) is 5.91 Å². The molecule has 3 aliphatic rings. The van der Waals surface area contributed by atoms with E-state index in [0.717, 1.165) is 42.9 Å². The van der Waals surface area contributed by atoms with Crippen molar-refractivity contribution in [3.05, 3.63) is 41.6 Å². The van der Waals surface area contributed by atoms with Crippen LogP contribution in [0.15, 0.2) is 30.5 Å². The van der Waals surface area contributed by atoms with E-state index in [2.05, 4.69) is 44.5 Å². The molecule has 168 valence electrons. The number of benzene rings is 1. The summed E-state index contributed by atoms with van der Waals surface area (Å²) in [5.41, 5.74) is 2.59. The number of amides is 2. The van der Waals surface area contributed by atoms with Crippen molar-refractivity contribution in [3.63, 3.8) is 0 Å². The predicted molar refractivity (Wildman–Crippen MR) is 121 cm³/mol. The van der Waals surface area contributed by atoms with Gasteiger partial charge in [0.05, 0.1) is 0 Å². The predicted octanol–water partition coefficient (Wildman–Crippen LogP) is 3.71. The number of carbonyl (C=O) groups is 2. The SMILES string of the molecule is C=C1CCC(N2Cc3cc(O[C@H]4CC(C)(C)C[C@H]4N(CC)CC)ccc3C2=O)C(=O)N1. The zero-order valence-corrected chi connectivity index (χ0v) is 19.2. The summed E-state index contributed by atoms with van der Waals surface area (Å²) in [4.78, 5) is 29.5. The molecule has 1 saturated heterocycles. The lowest BCUT2D eigenvalue weighted by molar-refractivity contribution is -0.126. The van der Waals surface area contributed by atoms with Gasteiger partial charge in [0.1, 0.15) is 17.9 Å². The minimum atomic E-state index is -0.433. The molecule has 4 rings (SSSR count). The molecule has 1 aromatic rings. The molecule has 1 saturated carbocycles. The Balaban J connectivity index is 1.51. The number of nitrogens with zero attached hydrogens (tertiary/aromatic N) is 2. The topological polar surface area (TPSA) is 61.9 Å². The number of hydrogen-bond donors (Lipinski definition) is 1. The van der Waals surface area contributed by atoms with Crippen LogP contribution in [0, 0.1) is 5.41 Å². The van der Waals surface area contributed by atoms with Gasteiger partial charge in [-0.25, -0.2) is 0 Å². The Kier molecular flexibility index (Phi) is 5.86. The number of allylic oxidation sites excluding steroid dienone is 1. The number of carbonyl (C=O) groups excluding carboxylic acids is 2. The Bertz CT molecular complexity index is 890. The molecule has 1 N–H and O–H groups in total. The third kappa shape index (κ3) is 4.22. The Morgan fingerprint density at radius 3 is 2.65 bits per heavy atom. The molecule has 31 heavy (non-hydrogen) atoms. The van der Waals surface area contributed by atoms with E-state index in [-0.39, 0.29) is 23.3 Å². The van der Waals surface area contributed by atoms with E-state index in [1.807, 2.05) is 18.2 Å². The fraction of sp³-hybridized carbons (Fsp3) is 0.600. The standard InChI is InChI=1S/C25H35N3O3/c1-6-27(7-2)21-13-25(4,5)14-22(21)31-18-9-10-19-17(12-18)15-28(24(19)30)20-11-8-16(3)26-23(20)29/h9-10,12,20-22H,3,6-8,11,13-15H2,1-2,4-5H3,(H,26,29)/t20?,21-,22+/m1/s1. The monoisotopic (exact) mass is 425 g/mol. The fourth-order valence-corrected chi connectivity index (χ4v) is 5.52. The van der Waals surface area contributed by atoms with E-state index in [0.29, 0.717) is 31.0 Å². The van der Waals surface area contributed by atoms with Crippen LogP contribution in [0.5, 0.6) is 5.75 Å². The first kappa shape index (κ1) is 21.9. The molecule has 0 bridgehead atoms. The molecule has 1 aromatic carbocycles. The molecular weight excluding hydrogens is 390 g/mol. The van der Waals surface area contributed by atoms with Crippen LogP contribution in [0.25, 0.3) is 0 Å². The Hall–Kier alpha value is -2.34. The van der Waals surface area contributed by atoms with Crippen molar-refractivity contribution in [2.24, 2.45) is 5.41 Å². The molecule has 6 nitrogen and oxygen atoms in total. The lowest BCUT2D eigenvalue weighted by Gasteiger charge is -2.31. The second kappa shape index (κ2) is 8.30. The van der Waals surface area contributed by atoms with Gasteiger partial charge in [-0.1, -0.05) is 34.3 Å². The van der Waals surface area contributed by atoms with Crippen LogP contribution in [0.1, 0.15) is 69.3 Å². The van der Waals surface area contributed by atoms with Crippen LogP contribution in [-0.2, 0) is 11.3 Å². The first-order valence-electron chi connectivity index (χ1n) is 11.6. The van der Waals surface area contributed by atoms with Gasteiger partial charge in [-0.3, -0.25) is 14.5 Å². The van der Waals surface area contributed by atoms with E-state index < -0.39 is 6.04 Å². The molecule has 6 heteroatoms. The first-order valence-corrected chi connectivity index (χ1v) is 11.6. The highest BCUT2D eigenvalue weighted by Gasteiger charge is 2.43. The van der Waals surface area contributed by atoms with Crippen molar-refractivity contribution in [2.75, 3.05) is 13.1 Å². The summed E-state index contributed by atoms with van der Waals surface area (Å²) in [6.07, 6.45) is 3.60. The second-order valence-electron chi connectivity index (χ2n) is 9.92. The Labute approximate surface area is 185 Å². The molecule has 2 amide bonds. The van der Waals surface area contributed by atoms with E-state index in [1.54, 1.807) is 4.90 Å². The van der Waals surface area contributed by atoms with Crippen LogP contribution in [0.2, 0.25) is 0 Å². The maximum Gasteiger partial charge on any atom is 0.255 e. The highest BCUT2D eigenvalue weighted by Crippen LogP contribution is 2.42. The smallest absolute Gasteiger partial charge is 0.255 e. The van der Waals surface area contributed by atoms with Crippen molar-refractivity contribution in [2.45, 2.75) is 78.1 Å². The zero-order chi connectivity index (χ0) is 22.3. The lowest BCUT2D eigenvalue weighted by atomic mass is 9.91. The van der Waals surface area contributed by atoms with Crippen LogP contribution < -0.4 is 10.1 Å². The maximum atomic E-state index is 13.0. The summed E-state index contributed by atoms with van der Waals surface area (Å²) in [6, 6.07) is 5.73. The van der Waals surface area contributed by atoms with Gasteiger partial charge < -0.3 is 15.0 Å². The number of rotatable bonds is 6. The number of likely N-dealkylation sites (N-methyl/N-ethyl adjacent to an activating group) is 1. The molecule has 2 fully saturated rings. The van der Waals surface area contributed by atoms with Crippen LogP contribution >= 0.6 is 0 Å². The minimum absolute atomic E-state index is 0.0720. The van der Waals surface area contributed by atoms with Crippen molar-refractivity contribution in [1.82, 2.24) is 15.1 Å². The largest absolute Gasteiger partial charge is 0.489 e. The molecule has 3 atom stereocenters. The minimum Gasteiger partial charge on any atom is -0.489 e. The van der Waals surface area contributed by atoms with Crippen molar-refractivity contribution in [1.29, 1.82) is 0 Å². The maximum absolute atomic E-state index is 13.0. The number of nitrogens with one attached hydrogen (secondary N) is 1. The number of fused-ring (bicyclic) bond motifs is 1. The quantitative estimate of drug-likeness (QED) is 0.755. The Morgan fingerprint density at radius 2 is 1.97 bits per heavy atom. The van der Waals surface area contributed by atoms with E-state index in [1.165, 1.54) is 0 Å². The van der Waals surface area contributed by atoms with E-state index in [9.17, 15) is 9.59 Å². The summed E-state index contributed by atoms with van der Waals surface area (Å²) >= 11 is 0. The van der Waals surface area contributed by atoms with Gasteiger partial charge >= 0.3 is 0 Å². The lowest BCUT2D eigenvalue weighted by Crippen LogP contribution is -2.49. The fourth-order valence-electron chi connectivity index (χ4n) is 5.52. The molecule has 2 heterocycles. The van der Waals surface area contributed by atoms with Crippen molar-refractivity contribution < 1.29 is 14.3 Å². The van der Waals surface area contributed by atoms with Gasteiger partial charge in [-0.05, 0) is 68.0 Å². The number of piperidine rings is 1. The highest BCUT2D eigenvalue weighted by atomic mass is 16.5. The average molecular weight is 426 g/mol. The van der Waals surface area contributed by atoms with Crippen molar-refractivity contribution in [3.8, 4) is 5.75 Å². The molecule has 2 aliphatic heterocycles. The van der Waals surface area contributed by atoms with Gasteiger partial charge in [0.25, 0.3) is 5.91 Å². The van der Waals surface area contributed by atoms with Crippen molar-refractivity contribution >= 4 is 11.8 Å². The van der Waals surface area contributed by atoms with Gasteiger partial charge in [0.15, 0.2) is 0 Å².